The number of rotatable bonds is 4. The second-order valence-corrected chi connectivity index (χ2v) is 5.73. The highest BCUT2D eigenvalue weighted by atomic mass is 32.1. The lowest BCUT2D eigenvalue weighted by molar-refractivity contribution is 1.03. The molecule has 1 heterocycles. The molecule has 2 aromatic rings. The first-order valence-electron chi connectivity index (χ1n) is 6.21. The van der Waals surface area contributed by atoms with Crippen molar-refractivity contribution in [1.29, 1.82) is 0 Å². The molecule has 0 aliphatic heterocycles. The van der Waals surface area contributed by atoms with Crippen molar-refractivity contribution in [2.75, 3.05) is 17.6 Å². The maximum Gasteiger partial charge on any atom is 0.0576 e. The summed E-state index contributed by atoms with van der Waals surface area (Å²) in [6, 6.07) is 6.34. The molecule has 0 fully saturated rings. The Hall–Kier alpha value is -1.48. The minimum atomic E-state index is 0.834. The highest BCUT2D eigenvalue weighted by molar-refractivity contribution is 7.10. The van der Waals surface area contributed by atoms with E-state index >= 15 is 0 Å². The van der Waals surface area contributed by atoms with Gasteiger partial charge in [0.15, 0.2) is 0 Å². The van der Waals surface area contributed by atoms with Crippen molar-refractivity contribution in [3.05, 3.63) is 45.1 Å². The van der Waals surface area contributed by atoms with Crippen LogP contribution in [0.4, 0.5) is 11.4 Å². The number of benzene rings is 1. The molecular weight excluding hydrogens is 240 g/mol. The van der Waals surface area contributed by atoms with Gasteiger partial charge in [0.1, 0.15) is 0 Å². The fourth-order valence-electron chi connectivity index (χ4n) is 1.96. The number of nitrogen functional groups attached to an aromatic ring is 1. The Balaban J connectivity index is 1.99. The van der Waals surface area contributed by atoms with Crippen molar-refractivity contribution in [2.45, 2.75) is 27.2 Å². The Morgan fingerprint density at radius 1 is 1.11 bits per heavy atom. The van der Waals surface area contributed by atoms with Gasteiger partial charge >= 0.3 is 0 Å². The van der Waals surface area contributed by atoms with Gasteiger partial charge in [-0.1, -0.05) is 0 Å². The molecule has 0 radical (unpaired) electrons. The third-order valence-corrected chi connectivity index (χ3v) is 4.38. The fraction of sp³-hybridized carbons (Fsp3) is 0.333. The molecule has 96 valence electrons. The molecule has 0 saturated carbocycles. The van der Waals surface area contributed by atoms with Crippen LogP contribution in [0.15, 0.2) is 23.6 Å². The molecule has 0 atom stereocenters. The molecule has 3 heteroatoms. The predicted octanol–water partition coefficient (Wildman–Crippen LogP) is 3.91. The second-order valence-electron chi connectivity index (χ2n) is 4.73. The third-order valence-electron chi connectivity index (χ3n) is 3.30. The molecule has 0 unspecified atom stereocenters. The van der Waals surface area contributed by atoms with E-state index in [1.165, 1.54) is 21.6 Å². The van der Waals surface area contributed by atoms with Crippen LogP contribution in [0.5, 0.6) is 0 Å². The van der Waals surface area contributed by atoms with E-state index in [0.29, 0.717) is 0 Å². The van der Waals surface area contributed by atoms with Crippen molar-refractivity contribution in [3.8, 4) is 0 Å². The van der Waals surface area contributed by atoms with Crippen molar-refractivity contribution in [1.82, 2.24) is 0 Å². The summed E-state index contributed by atoms with van der Waals surface area (Å²) in [5.74, 6) is 0. The molecule has 2 rings (SSSR count). The summed E-state index contributed by atoms with van der Waals surface area (Å²) in [7, 11) is 0. The molecule has 0 aliphatic rings. The van der Waals surface area contributed by atoms with Crippen molar-refractivity contribution < 1.29 is 0 Å². The van der Waals surface area contributed by atoms with Gasteiger partial charge in [-0.15, -0.1) is 11.3 Å². The van der Waals surface area contributed by atoms with E-state index < -0.39 is 0 Å². The maximum absolute atomic E-state index is 6.02. The van der Waals surface area contributed by atoms with Gasteiger partial charge in [-0.25, -0.2) is 0 Å². The van der Waals surface area contributed by atoms with Crippen molar-refractivity contribution in [3.63, 3.8) is 0 Å². The lowest BCUT2D eigenvalue weighted by atomic mass is 10.1. The standard InChI is InChI=1S/C15H20N2S/c1-10-5-7-18-15(10)4-6-17-14-9-12(3)11(2)8-13(14)16/h5,7-9,17H,4,6,16H2,1-3H3. The number of thiophene rings is 1. The zero-order valence-electron chi connectivity index (χ0n) is 11.2. The largest absolute Gasteiger partial charge is 0.397 e. The summed E-state index contributed by atoms with van der Waals surface area (Å²) in [5.41, 5.74) is 11.8. The van der Waals surface area contributed by atoms with E-state index in [2.05, 4.69) is 43.6 Å². The molecular formula is C15H20N2S. The van der Waals surface area contributed by atoms with E-state index in [0.717, 1.165) is 24.3 Å². The topological polar surface area (TPSA) is 38.0 Å². The van der Waals surface area contributed by atoms with Crippen LogP contribution in [-0.4, -0.2) is 6.54 Å². The van der Waals surface area contributed by atoms with Gasteiger partial charge < -0.3 is 11.1 Å². The summed E-state index contributed by atoms with van der Waals surface area (Å²) in [6.45, 7) is 7.29. The second kappa shape index (κ2) is 5.44. The summed E-state index contributed by atoms with van der Waals surface area (Å²) in [5, 5.41) is 5.58. The van der Waals surface area contributed by atoms with Gasteiger partial charge in [0.25, 0.3) is 0 Å². The van der Waals surface area contributed by atoms with Gasteiger partial charge in [0.2, 0.25) is 0 Å². The van der Waals surface area contributed by atoms with E-state index in [4.69, 9.17) is 5.73 Å². The quantitative estimate of drug-likeness (QED) is 0.818. The van der Waals surface area contributed by atoms with Crippen LogP contribution in [-0.2, 0) is 6.42 Å². The average Bonchev–Trinajstić information content (AvgIpc) is 2.72. The highest BCUT2D eigenvalue weighted by Crippen LogP contribution is 2.23. The predicted molar refractivity (Wildman–Crippen MR) is 81.6 cm³/mol. The normalized spacial score (nSPS) is 10.6. The first-order valence-corrected chi connectivity index (χ1v) is 7.09. The number of hydrogen-bond acceptors (Lipinski definition) is 3. The summed E-state index contributed by atoms with van der Waals surface area (Å²) in [6.07, 6.45) is 1.05. The molecule has 3 N–H and O–H groups in total. The minimum Gasteiger partial charge on any atom is -0.397 e. The molecule has 1 aromatic carbocycles. The van der Waals surface area contributed by atoms with E-state index in [9.17, 15) is 0 Å². The number of anilines is 2. The number of nitrogens with two attached hydrogens (primary N) is 1. The fourth-order valence-corrected chi connectivity index (χ4v) is 2.87. The van der Waals surface area contributed by atoms with Crippen LogP contribution in [0, 0.1) is 20.8 Å². The van der Waals surface area contributed by atoms with Gasteiger partial charge in [-0.2, -0.15) is 0 Å². The first-order chi connectivity index (χ1) is 8.58. The van der Waals surface area contributed by atoms with Gasteiger partial charge in [0, 0.05) is 11.4 Å². The minimum absolute atomic E-state index is 0.834. The SMILES string of the molecule is Cc1cc(N)c(NCCc2sccc2C)cc1C. The van der Waals surface area contributed by atoms with Crippen molar-refractivity contribution in [2.24, 2.45) is 0 Å². The van der Waals surface area contributed by atoms with E-state index in [-0.39, 0.29) is 0 Å². The van der Waals surface area contributed by atoms with E-state index in [1.54, 1.807) is 0 Å². The first kappa shape index (κ1) is 13.0. The Bertz CT molecular complexity index is 543. The third kappa shape index (κ3) is 2.85. The Morgan fingerprint density at radius 2 is 1.83 bits per heavy atom. The maximum atomic E-state index is 6.02. The Morgan fingerprint density at radius 3 is 2.50 bits per heavy atom. The molecule has 0 aliphatic carbocycles. The lowest BCUT2D eigenvalue weighted by Gasteiger charge is -2.12. The van der Waals surface area contributed by atoms with E-state index in [1.807, 2.05) is 17.4 Å². The summed E-state index contributed by atoms with van der Waals surface area (Å²) < 4.78 is 0. The zero-order valence-corrected chi connectivity index (χ0v) is 12.0. The van der Waals surface area contributed by atoms with Gasteiger partial charge in [-0.05, 0) is 67.5 Å². The highest BCUT2D eigenvalue weighted by Gasteiger charge is 2.03. The number of hydrogen-bond donors (Lipinski definition) is 2. The van der Waals surface area contributed by atoms with Crippen LogP contribution >= 0.6 is 11.3 Å². The monoisotopic (exact) mass is 260 g/mol. The van der Waals surface area contributed by atoms with Gasteiger partial charge in [-0.3, -0.25) is 0 Å². The van der Waals surface area contributed by atoms with Crippen LogP contribution in [0.2, 0.25) is 0 Å². The number of aryl methyl sites for hydroxylation is 3. The summed E-state index contributed by atoms with van der Waals surface area (Å²) >= 11 is 1.82. The van der Waals surface area contributed by atoms with Crippen LogP contribution < -0.4 is 11.1 Å². The molecule has 18 heavy (non-hydrogen) atoms. The number of nitrogens with one attached hydrogen (secondary N) is 1. The Kier molecular flexibility index (Phi) is 3.92. The molecule has 0 bridgehead atoms. The average molecular weight is 260 g/mol. The zero-order chi connectivity index (χ0) is 13.1. The van der Waals surface area contributed by atoms with Gasteiger partial charge in [0.05, 0.1) is 11.4 Å². The molecule has 2 nitrogen and oxygen atoms in total. The molecule has 0 saturated heterocycles. The van der Waals surface area contributed by atoms with Crippen LogP contribution in [0.3, 0.4) is 0 Å². The molecule has 1 aromatic heterocycles. The Labute approximate surface area is 113 Å². The summed E-state index contributed by atoms with van der Waals surface area (Å²) in [4.78, 5) is 1.45. The molecule has 0 amide bonds. The van der Waals surface area contributed by atoms with Crippen LogP contribution in [0.1, 0.15) is 21.6 Å². The van der Waals surface area contributed by atoms with Crippen molar-refractivity contribution >= 4 is 22.7 Å². The molecule has 0 spiro atoms. The smallest absolute Gasteiger partial charge is 0.0576 e. The lowest BCUT2D eigenvalue weighted by Crippen LogP contribution is -2.07. The van der Waals surface area contributed by atoms with Crippen LogP contribution in [0.25, 0.3) is 0 Å².